The van der Waals surface area contributed by atoms with E-state index >= 15 is 0 Å². The molecule has 1 aromatic carbocycles. The van der Waals surface area contributed by atoms with Gasteiger partial charge in [0.25, 0.3) is 0 Å². The molecule has 5 heteroatoms. The van der Waals surface area contributed by atoms with Crippen molar-refractivity contribution < 1.29 is 9.53 Å². The molecule has 0 aromatic heterocycles. The van der Waals surface area contributed by atoms with Crippen LogP contribution in [0.2, 0.25) is 5.02 Å². The van der Waals surface area contributed by atoms with E-state index < -0.39 is 0 Å². The Balaban J connectivity index is 2.13. The van der Waals surface area contributed by atoms with Gasteiger partial charge in [-0.25, -0.2) is 0 Å². The van der Waals surface area contributed by atoms with E-state index in [9.17, 15) is 4.79 Å². The molecule has 0 spiro atoms. The largest absolute Gasteiger partial charge is 0.383 e. The molecule has 0 aliphatic rings. The fraction of sp³-hybridized carbons (Fsp3) is 0.500. The summed E-state index contributed by atoms with van der Waals surface area (Å²) in [6.45, 7) is 3.51. The SMILES string of the molecule is COCC(C)NC(=O)CNCCc1ccc(Cl)cc1. The average molecular weight is 285 g/mol. The first kappa shape index (κ1) is 16.0. The van der Waals surface area contributed by atoms with Gasteiger partial charge in [0, 0.05) is 18.2 Å². The summed E-state index contributed by atoms with van der Waals surface area (Å²) in [5.41, 5.74) is 1.20. The number of benzene rings is 1. The molecule has 0 heterocycles. The summed E-state index contributed by atoms with van der Waals surface area (Å²) in [6, 6.07) is 7.76. The molecule has 0 saturated carbocycles. The van der Waals surface area contributed by atoms with E-state index in [1.54, 1.807) is 7.11 Å². The zero-order valence-corrected chi connectivity index (χ0v) is 12.2. The quantitative estimate of drug-likeness (QED) is 0.714. The Bertz CT molecular complexity index is 382. The lowest BCUT2D eigenvalue weighted by Crippen LogP contribution is -2.41. The van der Waals surface area contributed by atoms with Crippen LogP contribution in [-0.4, -0.2) is 38.8 Å². The molecule has 2 N–H and O–H groups in total. The summed E-state index contributed by atoms with van der Waals surface area (Å²) in [4.78, 5) is 11.5. The minimum Gasteiger partial charge on any atom is -0.383 e. The Morgan fingerprint density at radius 3 is 2.68 bits per heavy atom. The van der Waals surface area contributed by atoms with Gasteiger partial charge in [0.15, 0.2) is 0 Å². The van der Waals surface area contributed by atoms with Crippen LogP contribution in [0.5, 0.6) is 0 Å². The highest BCUT2D eigenvalue weighted by molar-refractivity contribution is 6.30. The molecule has 1 unspecified atom stereocenters. The Kier molecular flexibility index (Phi) is 7.48. The van der Waals surface area contributed by atoms with Gasteiger partial charge in [-0.15, -0.1) is 0 Å². The number of rotatable bonds is 8. The third-order valence-corrected chi connectivity index (χ3v) is 2.87. The summed E-state index contributed by atoms with van der Waals surface area (Å²) in [7, 11) is 1.62. The summed E-state index contributed by atoms with van der Waals surface area (Å²) in [5.74, 6) is -0.0133. The first-order valence-electron chi connectivity index (χ1n) is 6.35. The molecular weight excluding hydrogens is 264 g/mol. The van der Waals surface area contributed by atoms with E-state index in [0.717, 1.165) is 18.0 Å². The Morgan fingerprint density at radius 2 is 2.05 bits per heavy atom. The van der Waals surface area contributed by atoms with E-state index in [1.807, 2.05) is 31.2 Å². The number of halogens is 1. The lowest BCUT2D eigenvalue weighted by atomic mass is 10.1. The lowest BCUT2D eigenvalue weighted by Gasteiger charge is -2.13. The summed E-state index contributed by atoms with van der Waals surface area (Å²) < 4.78 is 4.95. The molecular formula is C14H21ClN2O2. The van der Waals surface area contributed by atoms with Crippen molar-refractivity contribution in [1.29, 1.82) is 0 Å². The third-order valence-electron chi connectivity index (χ3n) is 2.61. The normalized spacial score (nSPS) is 12.2. The van der Waals surface area contributed by atoms with E-state index in [0.29, 0.717) is 13.2 Å². The van der Waals surface area contributed by atoms with Gasteiger partial charge in [-0.3, -0.25) is 4.79 Å². The molecule has 0 radical (unpaired) electrons. The van der Waals surface area contributed by atoms with Crippen LogP contribution in [0.25, 0.3) is 0 Å². The van der Waals surface area contributed by atoms with Gasteiger partial charge in [0.2, 0.25) is 5.91 Å². The average Bonchev–Trinajstić information content (AvgIpc) is 2.37. The molecule has 1 rings (SSSR count). The van der Waals surface area contributed by atoms with Crippen molar-refractivity contribution in [2.75, 3.05) is 26.8 Å². The maximum Gasteiger partial charge on any atom is 0.234 e. The Morgan fingerprint density at radius 1 is 1.37 bits per heavy atom. The predicted molar refractivity (Wildman–Crippen MR) is 77.5 cm³/mol. The number of hydrogen-bond donors (Lipinski definition) is 2. The van der Waals surface area contributed by atoms with Crippen LogP contribution in [-0.2, 0) is 16.0 Å². The molecule has 0 fully saturated rings. The van der Waals surface area contributed by atoms with Gasteiger partial charge in [-0.2, -0.15) is 0 Å². The molecule has 0 aliphatic carbocycles. The van der Waals surface area contributed by atoms with Crippen LogP contribution >= 0.6 is 11.6 Å². The zero-order chi connectivity index (χ0) is 14.1. The molecule has 0 bridgehead atoms. The molecule has 19 heavy (non-hydrogen) atoms. The predicted octanol–water partition coefficient (Wildman–Crippen LogP) is 1.62. The van der Waals surface area contributed by atoms with Crippen molar-refractivity contribution in [3.05, 3.63) is 34.9 Å². The van der Waals surface area contributed by atoms with Gasteiger partial charge in [-0.05, 0) is 37.6 Å². The Hall–Kier alpha value is -1.10. The van der Waals surface area contributed by atoms with Crippen LogP contribution in [0.1, 0.15) is 12.5 Å². The van der Waals surface area contributed by atoms with Crippen LogP contribution in [0, 0.1) is 0 Å². The summed E-state index contributed by atoms with van der Waals surface area (Å²) in [5, 5.41) is 6.69. The summed E-state index contributed by atoms with van der Waals surface area (Å²) >= 11 is 5.81. The van der Waals surface area contributed by atoms with Crippen molar-refractivity contribution in [2.45, 2.75) is 19.4 Å². The van der Waals surface area contributed by atoms with Gasteiger partial charge < -0.3 is 15.4 Å². The number of nitrogens with one attached hydrogen (secondary N) is 2. The summed E-state index contributed by atoms with van der Waals surface area (Å²) in [6.07, 6.45) is 0.873. The van der Waals surface area contributed by atoms with Gasteiger partial charge in [0.1, 0.15) is 0 Å². The second kappa shape index (κ2) is 8.91. The molecule has 0 aliphatic heterocycles. The maximum absolute atomic E-state index is 11.5. The van der Waals surface area contributed by atoms with E-state index in [1.165, 1.54) is 5.56 Å². The second-order valence-electron chi connectivity index (χ2n) is 4.48. The zero-order valence-electron chi connectivity index (χ0n) is 11.4. The van der Waals surface area contributed by atoms with Gasteiger partial charge in [0.05, 0.1) is 13.2 Å². The topological polar surface area (TPSA) is 50.4 Å². The van der Waals surface area contributed by atoms with E-state index in [4.69, 9.17) is 16.3 Å². The van der Waals surface area contributed by atoms with Crippen molar-refractivity contribution in [3.63, 3.8) is 0 Å². The molecule has 1 aromatic rings. The number of methoxy groups -OCH3 is 1. The number of amides is 1. The van der Waals surface area contributed by atoms with Crippen molar-refractivity contribution in [1.82, 2.24) is 10.6 Å². The lowest BCUT2D eigenvalue weighted by molar-refractivity contribution is -0.121. The van der Waals surface area contributed by atoms with Crippen molar-refractivity contribution in [2.24, 2.45) is 0 Å². The minimum absolute atomic E-state index is 0.0133. The first-order chi connectivity index (χ1) is 9.11. The smallest absolute Gasteiger partial charge is 0.234 e. The fourth-order valence-corrected chi connectivity index (χ4v) is 1.83. The second-order valence-corrected chi connectivity index (χ2v) is 4.91. The highest BCUT2D eigenvalue weighted by Crippen LogP contribution is 2.09. The third kappa shape index (κ3) is 7.15. The standard InChI is InChI=1S/C14H21ClN2O2/c1-11(10-19-2)17-14(18)9-16-8-7-12-3-5-13(15)6-4-12/h3-6,11,16H,7-10H2,1-2H3,(H,17,18). The molecule has 4 nitrogen and oxygen atoms in total. The van der Waals surface area contributed by atoms with E-state index in [-0.39, 0.29) is 11.9 Å². The van der Waals surface area contributed by atoms with E-state index in [2.05, 4.69) is 10.6 Å². The highest BCUT2D eigenvalue weighted by Gasteiger charge is 2.05. The number of carbonyl (C=O) groups excluding carboxylic acids is 1. The fourth-order valence-electron chi connectivity index (χ4n) is 1.70. The maximum atomic E-state index is 11.5. The molecule has 0 saturated heterocycles. The first-order valence-corrected chi connectivity index (χ1v) is 6.73. The van der Waals surface area contributed by atoms with Crippen LogP contribution in [0.3, 0.4) is 0 Å². The van der Waals surface area contributed by atoms with Gasteiger partial charge in [-0.1, -0.05) is 23.7 Å². The Labute approximate surface area is 119 Å². The number of ether oxygens (including phenoxy) is 1. The molecule has 106 valence electrons. The highest BCUT2D eigenvalue weighted by atomic mass is 35.5. The molecule has 1 amide bonds. The number of carbonyl (C=O) groups is 1. The van der Waals surface area contributed by atoms with Crippen molar-refractivity contribution >= 4 is 17.5 Å². The van der Waals surface area contributed by atoms with Gasteiger partial charge >= 0.3 is 0 Å². The molecule has 1 atom stereocenters. The number of hydrogen-bond acceptors (Lipinski definition) is 3. The van der Waals surface area contributed by atoms with Crippen LogP contribution in [0.15, 0.2) is 24.3 Å². The van der Waals surface area contributed by atoms with Crippen LogP contribution in [0.4, 0.5) is 0 Å². The van der Waals surface area contributed by atoms with Crippen molar-refractivity contribution in [3.8, 4) is 0 Å². The van der Waals surface area contributed by atoms with Crippen LogP contribution < -0.4 is 10.6 Å². The minimum atomic E-state index is -0.0133. The monoisotopic (exact) mass is 284 g/mol.